The van der Waals surface area contributed by atoms with Crippen molar-refractivity contribution >= 4 is 34.0 Å². The lowest BCUT2D eigenvalue weighted by Crippen LogP contribution is -1.90. The van der Waals surface area contributed by atoms with Crippen LogP contribution in [0.15, 0.2) is 48.5 Å². The summed E-state index contributed by atoms with van der Waals surface area (Å²) >= 11 is 2.28. The first-order valence-electron chi connectivity index (χ1n) is 4.81. The van der Waals surface area contributed by atoms with E-state index in [-0.39, 0.29) is 0 Å². The van der Waals surface area contributed by atoms with Gasteiger partial charge < -0.3 is 5.32 Å². The van der Waals surface area contributed by atoms with Crippen molar-refractivity contribution in [3.05, 3.63) is 57.7 Å². The maximum atomic E-state index is 8.68. The number of nitrogens with zero attached hydrogens (tertiary/aromatic N) is 1. The molecule has 2 rings (SSSR count). The van der Waals surface area contributed by atoms with Crippen LogP contribution in [0.5, 0.6) is 0 Å². The summed E-state index contributed by atoms with van der Waals surface area (Å²) in [7, 11) is 0. The van der Waals surface area contributed by atoms with E-state index in [1.54, 1.807) is 12.1 Å². The first-order chi connectivity index (χ1) is 7.78. The molecule has 0 bridgehead atoms. The maximum absolute atomic E-state index is 8.68. The summed E-state index contributed by atoms with van der Waals surface area (Å²) in [5, 5.41) is 12.0. The molecule has 0 atom stereocenters. The largest absolute Gasteiger partial charge is 0.355 e. The van der Waals surface area contributed by atoms with Crippen molar-refractivity contribution in [2.24, 2.45) is 0 Å². The van der Waals surface area contributed by atoms with Gasteiger partial charge in [0.25, 0.3) is 0 Å². The van der Waals surface area contributed by atoms with Crippen molar-refractivity contribution in [3.8, 4) is 6.07 Å². The standard InChI is InChI=1S/C13H9IN2/c14-11-2-1-3-13(8-11)16-12-6-4-10(9-15)5-7-12/h1-8,16H. The fourth-order valence-corrected chi connectivity index (χ4v) is 1.90. The lowest BCUT2D eigenvalue weighted by Gasteiger charge is -2.06. The Morgan fingerprint density at radius 3 is 2.38 bits per heavy atom. The van der Waals surface area contributed by atoms with Gasteiger partial charge in [-0.15, -0.1) is 0 Å². The van der Waals surface area contributed by atoms with E-state index in [9.17, 15) is 0 Å². The summed E-state index contributed by atoms with van der Waals surface area (Å²) in [4.78, 5) is 0. The number of hydrogen-bond acceptors (Lipinski definition) is 2. The van der Waals surface area contributed by atoms with Crippen molar-refractivity contribution in [3.63, 3.8) is 0 Å². The lowest BCUT2D eigenvalue weighted by atomic mass is 10.2. The van der Waals surface area contributed by atoms with Gasteiger partial charge in [-0.3, -0.25) is 0 Å². The Bertz CT molecular complexity index is 526. The normalized spacial score (nSPS) is 9.50. The van der Waals surface area contributed by atoms with Crippen molar-refractivity contribution in [1.29, 1.82) is 5.26 Å². The zero-order valence-electron chi connectivity index (χ0n) is 8.44. The highest BCUT2D eigenvalue weighted by Crippen LogP contribution is 2.18. The van der Waals surface area contributed by atoms with E-state index >= 15 is 0 Å². The van der Waals surface area contributed by atoms with E-state index < -0.39 is 0 Å². The highest BCUT2D eigenvalue weighted by molar-refractivity contribution is 14.1. The monoisotopic (exact) mass is 320 g/mol. The molecule has 0 aromatic heterocycles. The smallest absolute Gasteiger partial charge is 0.0991 e. The van der Waals surface area contributed by atoms with Crippen LogP contribution in [-0.4, -0.2) is 0 Å². The molecule has 0 aliphatic carbocycles. The number of anilines is 2. The summed E-state index contributed by atoms with van der Waals surface area (Å²) in [5.41, 5.74) is 2.71. The molecule has 0 spiro atoms. The third-order valence-electron chi connectivity index (χ3n) is 2.13. The molecule has 2 aromatic rings. The molecule has 16 heavy (non-hydrogen) atoms. The molecule has 78 valence electrons. The van der Waals surface area contributed by atoms with E-state index in [1.807, 2.05) is 30.3 Å². The second-order valence-corrected chi connectivity index (χ2v) is 4.57. The van der Waals surface area contributed by atoms with Gasteiger partial charge in [-0.2, -0.15) is 5.26 Å². The van der Waals surface area contributed by atoms with Gasteiger partial charge in [-0.05, 0) is 65.1 Å². The van der Waals surface area contributed by atoms with Crippen LogP contribution in [0.2, 0.25) is 0 Å². The average molecular weight is 320 g/mol. The van der Waals surface area contributed by atoms with Gasteiger partial charge in [0.1, 0.15) is 0 Å². The number of halogens is 1. The molecule has 3 heteroatoms. The summed E-state index contributed by atoms with van der Waals surface area (Å²) in [6.45, 7) is 0. The number of hydrogen-bond donors (Lipinski definition) is 1. The average Bonchev–Trinajstić information content (AvgIpc) is 2.30. The van der Waals surface area contributed by atoms with Crippen molar-refractivity contribution < 1.29 is 0 Å². The Morgan fingerprint density at radius 1 is 1.00 bits per heavy atom. The zero-order valence-corrected chi connectivity index (χ0v) is 10.6. The summed E-state index contributed by atoms with van der Waals surface area (Å²) < 4.78 is 1.19. The van der Waals surface area contributed by atoms with E-state index in [2.05, 4.69) is 40.0 Å². The number of nitriles is 1. The van der Waals surface area contributed by atoms with Crippen LogP contribution in [0.25, 0.3) is 0 Å². The molecule has 0 radical (unpaired) electrons. The van der Waals surface area contributed by atoms with Crippen LogP contribution >= 0.6 is 22.6 Å². The topological polar surface area (TPSA) is 35.8 Å². The number of benzene rings is 2. The first kappa shape index (κ1) is 11.0. The predicted molar refractivity (Wildman–Crippen MR) is 73.6 cm³/mol. The SMILES string of the molecule is N#Cc1ccc(Nc2cccc(I)c2)cc1. The molecule has 1 N–H and O–H groups in total. The lowest BCUT2D eigenvalue weighted by molar-refractivity contribution is 1.47. The molecule has 0 unspecified atom stereocenters. The quantitative estimate of drug-likeness (QED) is 0.852. The summed E-state index contributed by atoms with van der Waals surface area (Å²) in [6.07, 6.45) is 0. The van der Waals surface area contributed by atoms with E-state index in [4.69, 9.17) is 5.26 Å². The molecule has 2 nitrogen and oxygen atoms in total. The Hall–Kier alpha value is -1.54. The van der Waals surface area contributed by atoms with E-state index in [0.29, 0.717) is 5.56 Å². The van der Waals surface area contributed by atoms with Crippen LogP contribution in [0, 0.1) is 14.9 Å². The third-order valence-corrected chi connectivity index (χ3v) is 2.80. The minimum atomic E-state index is 0.674. The van der Waals surface area contributed by atoms with Crippen LogP contribution in [0.3, 0.4) is 0 Å². The highest BCUT2D eigenvalue weighted by atomic mass is 127. The third kappa shape index (κ3) is 2.74. The molecule has 0 aliphatic heterocycles. The Balaban J connectivity index is 2.18. The predicted octanol–water partition coefficient (Wildman–Crippen LogP) is 3.91. The molecule has 0 amide bonds. The molecular weight excluding hydrogens is 311 g/mol. The molecular formula is C13H9IN2. The molecule has 0 fully saturated rings. The Morgan fingerprint density at radius 2 is 1.75 bits per heavy atom. The molecule has 0 heterocycles. The fourth-order valence-electron chi connectivity index (χ4n) is 1.36. The van der Waals surface area contributed by atoms with E-state index in [0.717, 1.165) is 11.4 Å². The van der Waals surface area contributed by atoms with Crippen LogP contribution in [-0.2, 0) is 0 Å². The first-order valence-corrected chi connectivity index (χ1v) is 5.88. The van der Waals surface area contributed by atoms with Gasteiger partial charge in [-0.1, -0.05) is 6.07 Å². The second kappa shape index (κ2) is 4.99. The minimum absolute atomic E-state index is 0.674. The highest BCUT2D eigenvalue weighted by Gasteiger charge is 1.95. The zero-order chi connectivity index (χ0) is 11.4. The van der Waals surface area contributed by atoms with Gasteiger partial charge in [0.2, 0.25) is 0 Å². The van der Waals surface area contributed by atoms with Crippen LogP contribution < -0.4 is 5.32 Å². The van der Waals surface area contributed by atoms with Crippen LogP contribution in [0.4, 0.5) is 11.4 Å². The summed E-state index contributed by atoms with van der Waals surface area (Å²) in [5.74, 6) is 0. The molecule has 0 aliphatic rings. The minimum Gasteiger partial charge on any atom is -0.355 e. The van der Waals surface area contributed by atoms with Crippen molar-refractivity contribution in [2.75, 3.05) is 5.32 Å². The van der Waals surface area contributed by atoms with Gasteiger partial charge in [0.15, 0.2) is 0 Å². The second-order valence-electron chi connectivity index (χ2n) is 3.32. The molecule has 2 aromatic carbocycles. The van der Waals surface area contributed by atoms with Gasteiger partial charge in [0.05, 0.1) is 11.6 Å². The Kier molecular flexibility index (Phi) is 3.42. The Labute approximate surface area is 108 Å². The number of rotatable bonds is 2. The fraction of sp³-hybridized carbons (Fsp3) is 0. The maximum Gasteiger partial charge on any atom is 0.0991 e. The van der Waals surface area contributed by atoms with Crippen molar-refractivity contribution in [2.45, 2.75) is 0 Å². The van der Waals surface area contributed by atoms with E-state index in [1.165, 1.54) is 3.57 Å². The molecule has 0 saturated carbocycles. The van der Waals surface area contributed by atoms with Crippen molar-refractivity contribution in [1.82, 2.24) is 0 Å². The van der Waals surface area contributed by atoms with Gasteiger partial charge in [-0.25, -0.2) is 0 Å². The van der Waals surface area contributed by atoms with Crippen LogP contribution in [0.1, 0.15) is 5.56 Å². The molecule has 0 saturated heterocycles. The van der Waals surface area contributed by atoms with Gasteiger partial charge in [0, 0.05) is 14.9 Å². The number of nitrogens with one attached hydrogen (secondary N) is 1. The summed E-state index contributed by atoms with van der Waals surface area (Å²) in [6, 6.07) is 17.6. The van der Waals surface area contributed by atoms with Gasteiger partial charge >= 0.3 is 0 Å².